The van der Waals surface area contributed by atoms with Crippen LogP contribution in [-0.4, -0.2) is 48.6 Å². The predicted octanol–water partition coefficient (Wildman–Crippen LogP) is 0.332. The van der Waals surface area contributed by atoms with E-state index >= 15 is 0 Å². The average molecular weight is 401 g/mol. The van der Waals surface area contributed by atoms with Crippen LogP contribution in [0.1, 0.15) is 31.7 Å². The zero-order valence-corrected chi connectivity index (χ0v) is 16.2. The number of nitrogens with two attached hydrogens (primary N) is 1. The van der Waals surface area contributed by atoms with Crippen molar-refractivity contribution in [2.24, 2.45) is 21.1 Å². The molecule has 0 saturated heterocycles. The van der Waals surface area contributed by atoms with Crippen molar-refractivity contribution < 1.29 is 23.9 Å². The van der Waals surface area contributed by atoms with Crippen molar-refractivity contribution in [1.82, 2.24) is 23.7 Å². The number of rotatable bonds is 5. The summed E-state index contributed by atoms with van der Waals surface area (Å²) in [4.78, 5) is 44.4. The molecule has 3 rings (SSSR count). The summed E-state index contributed by atoms with van der Waals surface area (Å²) < 4.78 is 14.3. The molecule has 3 heterocycles. The van der Waals surface area contributed by atoms with E-state index in [1.807, 2.05) is 0 Å². The van der Waals surface area contributed by atoms with E-state index in [0.717, 1.165) is 0 Å². The molecule has 0 aliphatic carbocycles. The summed E-state index contributed by atoms with van der Waals surface area (Å²) in [5.74, 6) is -1.34. The second-order valence-corrected chi connectivity index (χ2v) is 6.17. The molecular formula is C17H19N7O5. The van der Waals surface area contributed by atoms with Crippen molar-refractivity contribution >= 4 is 29.5 Å². The molecule has 0 aliphatic rings. The highest BCUT2D eigenvalue weighted by molar-refractivity contribution is 6.02. The molecule has 29 heavy (non-hydrogen) atoms. The standard InChI is InChI=1S/C17H19N7O5/c1-22-6-9(5-10(22)16(26)28-4)29-17(27)14-20-12(8-24(14)3)21-15(25)13-19-11(18)7-23(13)2/h5-8H,18H2,1-4H3,(H,21,25). The molecule has 0 unspecified atom stereocenters. The Bertz CT molecular complexity index is 1110. The first-order chi connectivity index (χ1) is 13.7. The largest absolute Gasteiger partial charge is 0.464 e. The summed E-state index contributed by atoms with van der Waals surface area (Å²) in [7, 11) is 6.07. The molecule has 0 spiro atoms. The van der Waals surface area contributed by atoms with Gasteiger partial charge < -0.3 is 34.2 Å². The molecule has 3 aromatic heterocycles. The summed E-state index contributed by atoms with van der Waals surface area (Å²) in [6.45, 7) is 0. The predicted molar refractivity (Wildman–Crippen MR) is 100 cm³/mol. The molecule has 0 radical (unpaired) electrons. The van der Waals surface area contributed by atoms with Gasteiger partial charge in [-0.25, -0.2) is 19.6 Å². The van der Waals surface area contributed by atoms with E-state index in [4.69, 9.17) is 10.5 Å². The molecule has 0 aromatic carbocycles. The SMILES string of the molecule is COC(=O)c1cc(OC(=O)c2nc(NC(=O)c3nc(N)cn3C)cn2C)cn1C. The van der Waals surface area contributed by atoms with E-state index in [1.54, 1.807) is 21.1 Å². The number of amides is 1. The second-order valence-electron chi connectivity index (χ2n) is 6.17. The monoisotopic (exact) mass is 401 g/mol. The van der Waals surface area contributed by atoms with Crippen LogP contribution in [0.15, 0.2) is 24.7 Å². The maximum absolute atomic E-state index is 12.4. The minimum absolute atomic E-state index is 0.0527. The van der Waals surface area contributed by atoms with Gasteiger partial charge in [0.05, 0.1) is 7.11 Å². The van der Waals surface area contributed by atoms with Gasteiger partial charge in [0.2, 0.25) is 11.6 Å². The molecule has 0 atom stereocenters. The molecule has 3 aromatic rings. The Kier molecular flexibility index (Phi) is 5.08. The Morgan fingerprint density at radius 1 is 0.966 bits per heavy atom. The lowest BCUT2D eigenvalue weighted by Gasteiger charge is -2.01. The summed E-state index contributed by atoms with van der Waals surface area (Å²) in [5.41, 5.74) is 5.79. The van der Waals surface area contributed by atoms with Gasteiger partial charge in [-0.3, -0.25) is 4.79 Å². The summed E-state index contributed by atoms with van der Waals surface area (Å²) in [6, 6.07) is 1.38. The van der Waals surface area contributed by atoms with Crippen LogP contribution in [0.3, 0.4) is 0 Å². The quantitative estimate of drug-likeness (QED) is 0.581. The third-order valence-electron chi connectivity index (χ3n) is 3.98. The fourth-order valence-electron chi connectivity index (χ4n) is 2.64. The molecule has 0 fully saturated rings. The van der Waals surface area contributed by atoms with Gasteiger partial charge in [-0.15, -0.1) is 0 Å². The molecular weight excluding hydrogens is 382 g/mol. The van der Waals surface area contributed by atoms with Crippen molar-refractivity contribution in [1.29, 1.82) is 0 Å². The molecule has 152 valence electrons. The number of nitrogens with one attached hydrogen (secondary N) is 1. The molecule has 0 bridgehead atoms. The normalized spacial score (nSPS) is 10.6. The molecule has 12 heteroatoms. The second kappa shape index (κ2) is 7.50. The first kappa shape index (κ1) is 19.7. The summed E-state index contributed by atoms with van der Waals surface area (Å²) in [5, 5.41) is 2.55. The third-order valence-corrected chi connectivity index (χ3v) is 3.98. The number of anilines is 2. The third kappa shape index (κ3) is 3.95. The van der Waals surface area contributed by atoms with Crippen molar-refractivity contribution in [3.63, 3.8) is 0 Å². The number of imidazole rings is 2. The summed E-state index contributed by atoms with van der Waals surface area (Å²) in [6.07, 6.45) is 4.41. The zero-order valence-electron chi connectivity index (χ0n) is 16.2. The highest BCUT2D eigenvalue weighted by Crippen LogP contribution is 2.18. The number of nitrogens with zero attached hydrogens (tertiary/aromatic N) is 5. The van der Waals surface area contributed by atoms with Crippen LogP contribution in [-0.2, 0) is 25.9 Å². The number of esters is 2. The molecule has 12 nitrogen and oxygen atoms in total. The Morgan fingerprint density at radius 3 is 2.28 bits per heavy atom. The Hall–Kier alpha value is -4.09. The van der Waals surface area contributed by atoms with Crippen molar-refractivity contribution in [3.8, 4) is 5.75 Å². The number of nitrogen functional groups attached to an aromatic ring is 1. The maximum atomic E-state index is 12.4. The van der Waals surface area contributed by atoms with E-state index in [9.17, 15) is 14.4 Å². The van der Waals surface area contributed by atoms with Crippen LogP contribution in [0.5, 0.6) is 5.75 Å². The number of methoxy groups -OCH3 is 1. The van der Waals surface area contributed by atoms with Crippen LogP contribution in [0, 0.1) is 0 Å². The maximum Gasteiger partial charge on any atom is 0.380 e. The van der Waals surface area contributed by atoms with Gasteiger partial charge in [0, 0.05) is 45.8 Å². The van der Waals surface area contributed by atoms with Gasteiger partial charge in [0.25, 0.3) is 5.91 Å². The van der Waals surface area contributed by atoms with Gasteiger partial charge in [-0.1, -0.05) is 0 Å². The molecule has 3 N–H and O–H groups in total. The Balaban J connectivity index is 1.74. The highest BCUT2D eigenvalue weighted by atomic mass is 16.5. The van der Waals surface area contributed by atoms with Crippen molar-refractivity contribution in [3.05, 3.63) is 42.0 Å². The summed E-state index contributed by atoms with van der Waals surface area (Å²) >= 11 is 0. The van der Waals surface area contributed by atoms with E-state index in [2.05, 4.69) is 20.0 Å². The zero-order chi connectivity index (χ0) is 21.3. The van der Waals surface area contributed by atoms with Gasteiger partial charge in [-0.2, -0.15) is 0 Å². The molecule has 0 saturated carbocycles. The van der Waals surface area contributed by atoms with Gasteiger partial charge in [0.1, 0.15) is 17.3 Å². The van der Waals surface area contributed by atoms with E-state index in [0.29, 0.717) is 0 Å². The molecule has 0 aliphatic heterocycles. The van der Waals surface area contributed by atoms with Gasteiger partial charge >= 0.3 is 11.9 Å². The fraction of sp³-hybridized carbons (Fsp3) is 0.235. The van der Waals surface area contributed by atoms with Gasteiger partial charge in [0.15, 0.2) is 5.82 Å². The number of ether oxygens (including phenoxy) is 2. The van der Waals surface area contributed by atoms with Crippen molar-refractivity contribution in [2.75, 3.05) is 18.2 Å². The van der Waals surface area contributed by atoms with Gasteiger partial charge in [-0.05, 0) is 0 Å². The van der Waals surface area contributed by atoms with Crippen LogP contribution < -0.4 is 15.8 Å². The van der Waals surface area contributed by atoms with Crippen LogP contribution in [0.4, 0.5) is 11.6 Å². The lowest BCUT2D eigenvalue weighted by molar-refractivity contribution is 0.0588. The van der Waals surface area contributed by atoms with Crippen LogP contribution in [0.25, 0.3) is 0 Å². The first-order valence-corrected chi connectivity index (χ1v) is 8.30. The number of aryl methyl sites for hydroxylation is 3. The number of carbonyl (C=O) groups excluding carboxylic acids is 3. The molecule has 1 amide bonds. The smallest absolute Gasteiger partial charge is 0.380 e. The fourth-order valence-corrected chi connectivity index (χ4v) is 2.64. The minimum Gasteiger partial charge on any atom is -0.464 e. The van der Waals surface area contributed by atoms with E-state index in [1.165, 1.54) is 45.5 Å². The number of carbonyl (C=O) groups is 3. The highest BCUT2D eigenvalue weighted by Gasteiger charge is 2.21. The first-order valence-electron chi connectivity index (χ1n) is 8.30. The van der Waals surface area contributed by atoms with E-state index < -0.39 is 17.8 Å². The van der Waals surface area contributed by atoms with E-state index in [-0.39, 0.29) is 34.7 Å². The minimum atomic E-state index is -0.767. The average Bonchev–Trinajstić information content (AvgIpc) is 3.31. The Labute approximate surface area is 164 Å². The topological polar surface area (TPSA) is 148 Å². The van der Waals surface area contributed by atoms with Crippen LogP contribution in [0.2, 0.25) is 0 Å². The number of hydrogen-bond acceptors (Lipinski definition) is 8. The lowest BCUT2D eigenvalue weighted by Crippen LogP contribution is -2.17. The van der Waals surface area contributed by atoms with Crippen molar-refractivity contribution in [2.45, 2.75) is 0 Å². The Morgan fingerprint density at radius 2 is 1.66 bits per heavy atom. The number of aromatic nitrogens is 5. The number of hydrogen-bond donors (Lipinski definition) is 2. The van der Waals surface area contributed by atoms with Crippen LogP contribution >= 0.6 is 0 Å². The lowest BCUT2D eigenvalue weighted by atomic mass is 10.4.